The van der Waals surface area contributed by atoms with Gasteiger partial charge in [0.1, 0.15) is 0 Å². The second-order valence-corrected chi connectivity index (χ2v) is 15.5. The number of hydrogen-bond donors (Lipinski definition) is 1. The average molecular weight is 680 g/mol. The van der Waals surface area contributed by atoms with E-state index < -0.39 is 33.8 Å². The summed E-state index contributed by atoms with van der Waals surface area (Å²) < 4.78 is 97.1. The standard InChI is InChI=1S/C30H42F5N5O3S2/c1-45(42,43)39-13-8-26-24(21-39)28(36-40(26)20-23(41)19-38-11-4-2-3-5-12-38)22-6-7-25(30(33,34)35)27(18-22)44-17-16-37-14-9-29(31,32)10-15-37/h6-7,18,23,41H,2-5,8-17,19-21H2,1H3/t23-/m0/s1. The number of benzene rings is 1. The number of thioether (sulfide) groups is 1. The lowest BCUT2D eigenvalue weighted by Gasteiger charge is -2.31. The zero-order valence-corrected chi connectivity index (χ0v) is 27.2. The quantitative estimate of drug-likeness (QED) is 0.281. The summed E-state index contributed by atoms with van der Waals surface area (Å²) in [4.78, 5) is 4.09. The predicted molar refractivity (Wildman–Crippen MR) is 164 cm³/mol. The third-order valence-electron chi connectivity index (χ3n) is 8.93. The Labute approximate surface area is 266 Å². The van der Waals surface area contributed by atoms with Gasteiger partial charge >= 0.3 is 6.18 Å². The first-order valence-corrected chi connectivity index (χ1v) is 18.4. The van der Waals surface area contributed by atoms with Crippen LogP contribution in [-0.4, -0.2) is 107 Å². The first kappa shape index (κ1) is 34.6. The fourth-order valence-corrected chi connectivity index (χ4v) is 8.32. The van der Waals surface area contributed by atoms with Gasteiger partial charge in [0.05, 0.1) is 30.2 Å². The molecule has 1 aromatic carbocycles. The molecular weight excluding hydrogens is 637 g/mol. The second kappa shape index (κ2) is 14.1. The van der Waals surface area contributed by atoms with Crippen LogP contribution in [0, 0.1) is 0 Å². The lowest BCUT2D eigenvalue weighted by Crippen LogP contribution is -2.40. The van der Waals surface area contributed by atoms with Gasteiger partial charge in [-0.1, -0.05) is 18.9 Å². The third-order valence-corrected chi connectivity index (χ3v) is 11.2. The van der Waals surface area contributed by atoms with Crippen LogP contribution in [0.5, 0.6) is 0 Å². The van der Waals surface area contributed by atoms with Crippen LogP contribution in [0.25, 0.3) is 11.3 Å². The summed E-state index contributed by atoms with van der Waals surface area (Å²) in [5.41, 5.74) is 1.43. The number of likely N-dealkylation sites (tertiary alicyclic amines) is 2. The molecule has 0 spiro atoms. The summed E-state index contributed by atoms with van der Waals surface area (Å²) >= 11 is 1.02. The molecular formula is C30H42F5N5O3S2. The molecule has 0 aliphatic carbocycles. The Balaban J connectivity index is 1.41. The van der Waals surface area contributed by atoms with Crippen LogP contribution in [-0.2, 0) is 35.7 Å². The van der Waals surface area contributed by atoms with Crippen LogP contribution >= 0.6 is 11.8 Å². The first-order chi connectivity index (χ1) is 21.2. The molecule has 1 atom stereocenters. The number of aromatic nitrogens is 2. The molecule has 2 aromatic rings. The van der Waals surface area contributed by atoms with Crippen molar-refractivity contribution < 1.29 is 35.5 Å². The number of aliphatic hydroxyl groups is 1. The smallest absolute Gasteiger partial charge is 0.390 e. The van der Waals surface area contributed by atoms with Crippen molar-refractivity contribution in [3.63, 3.8) is 0 Å². The van der Waals surface area contributed by atoms with E-state index in [1.807, 2.05) is 4.90 Å². The highest BCUT2D eigenvalue weighted by Gasteiger charge is 2.36. The molecule has 1 aromatic heterocycles. The van der Waals surface area contributed by atoms with Crippen molar-refractivity contribution in [2.75, 3.05) is 57.8 Å². The number of fused-ring (bicyclic) bond motifs is 1. The minimum absolute atomic E-state index is 0.00242. The van der Waals surface area contributed by atoms with E-state index in [-0.39, 0.29) is 56.2 Å². The number of piperidine rings is 1. The summed E-state index contributed by atoms with van der Waals surface area (Å²) in [6.45, 7) is 3.56. The summed E-state index contributed by atoms with van der Waals surface area (Å²) in [6.07, 6.45) is 0.159. The SMILES string of the molecule is CS(=O)(=O)N1CCc2c(c(-c3ccc(C(F)(F)F)c(SCCN4CCC(F)(F)CC4)c3)nn2C[C@@H](O)CN2CCCCCC2)C1. The largest absolute Gasteiger partial charge is 0.417 e. The minimum Gasteiger partial charge on any atom is -0.390 e. The Morgan fingerprint density at radius 1 is 1.00 bits per heavy atom. The van der Waals surface area contributed by atoms with Crippen molar-refractivity contribution in [2.24, 2.45) is 0 Å². The highest BCUT2D eigenvalue weighted by molar-refractivity contribution is 7.99. The minimum atomic E-state index is -4.60. The van der Waals surface area contributed by atoms with Crippen molar-refractivity contribution in [1.82, 2.24) is 23.9 Å². The number of sulfonamides is 1. The lowest BCUT2D eigenvalue weighted by atomic mass is 10.0. The molecule has 45 heavy (non-hydrogen) atoms. The second-order valence-electron chi connectivity index (χ2n) is 12.4. The van der Waals surface area contributed by atoms with Gasteiger partial charge in [-0.25, -0.2) is 17.2 Å². The molecule has 15 heteroatoms. The van der Waals surface area contributed by atoms with E-state index >= 15 is 0 Å². The molecule has 252 valence electrons. The van der Waals surface area contributed by atoms with Gasteiger partial charge in [0.25, 0.3) is 5.92 Å². The molecule has 8 nitrogen and oxygen atoms in total. The van der Waals surface area contributed by atoms with Crippen LogP contribution in [0.3, 0.4) is 0 Å². The van der Waals surface area contributed by atoms with Crippen LogP contribution < -0.4 is 0 Å². The Kier molecular flexibility index (Phi) is 10.9. The van der Waals surface area contributed by atoms with Gasteiger partial charge < -0.3 is 14.9 Å². The maximum absolute atomic E-state index is 14.0. The van der Waals surface area contributed by atoms with E-state index in [2.05, 4.69) is 4.90 Å². The predicted octanol–water partition coefficient (Wildman–Crippen LogP) is 4.95. The van der Waals surface area contributed by atoms with Crippen molar-refractivity contribution in [1.29, 1.82) is 0 Å². The van der Waals surface area contributed by atoms with Crippen molar-refractivity contribution >= 4 is 21.8 Å². The van der Waals surface area contributed by atoms with E-state index in [0.29, 0.717) is 36.3 Å². The van der Waals surface area contributed by atoms with Gasteiger partial charge in [-0.15, -0.1) is 11.8 Å². The molecule has 3 aliphatic rings. The van der Waals surface area contributed by atoms with Gasteiger partial charge in [0, 0.05) is 86.0 Å². The topological polar surface area (TPSA) is 81.9 Å². The molecule has 0 saturated carbocycles. The van der Waals surface area contributed by atoms with Gasteiger partial charge in [-0.3, -0.25) is 4.68 Å². The van der Waals surface area contributed by atoms with Crippen molar-refractivity contribution in [3.8, 4) is 11.3 Å². The number of halogens is 5. The van der Waals surface area contributed by atoms with Gasteiger partial charge in [0.2, 0.25) is 10.0 Å². The Morgan fingerprint density at radius 2 is 1.69 bits per heavy atom. The average Bonchev–Trinajstić information content (AvgIpc) is 3.11. The molecule has 0 unspecified atom stereocenters. The number of alkyl halides is 5. The maximum Gasteiger partial charge on any atom is 0.417 e. The molecule has 2 fully saturated rings. The van der Waals surface area contributed by atoms with E-state index in [0.717, 1.165) is 55.7 Å². The van der Waals surface area contributed by atoms with Gasteiger partial charge in [-0.05, 0) is 38.1 Å². The zero-order chi connectivity index (χ0) is 32.4. The molecule has 0 amide bonds. The fraction of sp³-hybridized carbons (Fsp3) is 0.700. The lowest BCUT2D eigenvalue weighted by molar-refractivity contribution is -0.139. The van der Waals surface area contributed by atoms with Crippen LogP contribution in [0.1, 0.15) is 55.3 Å². The number of β-amino-alcohol motifs (C(OH)–C–C–N with tert-alkyl or cyclic N) is 1. The summed E-state index contributed by atoms with van der Waals surface area (Å²) in [5.74, 6) is -2.41. The molecule has 2 saturated heterocycles. The Hall–Kier alpha value is -1.78. The highest BCUT2D eigenvalue weighted by atomic mass is 32.2. The monoisotopic (exact) mass is 679 g/mol. The van der Waals surface area contributed by atoms with Crippen molar-refractivity contribution in [2.45, 2.75) is 81.1 Å². The molecule has 3 aliphatic heterocycles. The van der Waals surface area contributed by atoms with E-state index in [4.69, 9.17) is 5.10 Å². The maximum atomic E-state index is 14.0. The van der Waals surface area contributed by atoms with Crippen LogP contribution in [0.4, 0.5) is 22.0 Å². The Bertz CT molecular complexity index is 1420. The first-order valence-electron chi connectivity index (χ1n) is 15.6. The number of nitrogens with zero attached hydrogens (tertiary/aromatic N) is 5. The summed E-state index contributed by atoms with van der Waals surface area (Å²) in [5, 5.41) is 15.8. The number of rotatable bonds is 10. The highest BCUT2D eigenvalue weighted by Crippen LogP contribution is 2.40. The van der Waals surface area contributed by atoms with Crippen LogP contribution in [0.2, 0.25) is 0 Å². The van der Waals surface area contributed by atoms with E-state index in [1.54, 1.807) is 4.68 Å². The van der Waals surface area contributed by atoms with Gasteiger partial charge in [-0.2, -0.15) is 22.6 Å². The van der Waals surface area contributed by atoms with E-state index in [1.165, 1.54) is 29.3 Å². The fourth-order valence-electron chi connectivity index (χ4n) is 6.42. The van der Waals surface area contributed by atoms with E-state index in [9.17, 15) is 35.5 Å². The number of hydrogen-bond acceptors (Lipinski definition) is 7. The normalized spacial score (nSPS) is 21.4. The molecule has 0 bridgehead atoms. The Morgan fingerprint density at radius 3 is 2.33 bits per heavy atom. The van der Waals surface area contributed by atoms with Crippen LogP contribution in [0.15, 0.2) is 23.1 Å². The number of aliphatic hydroxyl groups excluding tert-OH is 1. The van der Waals surface area contributed by atoms with Gasteiger partial charge in [0.15, 0.2) is 0 Å². The zero-order valence-electron chi connectivity index (χ0n) is 25.5. The summed E-state index contributed by atoms with van der Waals surface area (Å²) in [7, 11) is -3.53. The molecule has 0 radical (unpaired) electrons. The molecule has 4 heterocycles. The summed E-state index contributed by atoms with van der Waals surface area (Å²) in [6, 6.07) is 3.83. The molecule has 1 N–H and O–H groups in total. The molecule has 5 rings (SSSR count). The van der Waals surface area contributed by atoms with Crippen molar-refractivity contribution in [3.05, 3.63) is 35.0 Å². The third kappa shape index (κ3) is 8.98.